The average Bonchev–Trinajstić information content (AvgIpc) is 3.65. The number of carbonyl (C=O) groups excluding carboxylic acids is 2. The van der Waals surface area contributed by atoms with Crippen LogP contribution in [0.4, 0.5) is 15.0 Å². The van der Waals surface area contributed by atoms with E-state index in [1.807, 2.05) is 6.07 Å². The Labute approximate surface area is 217 Å². The first-order chi connectivity index (χ1) is 18.5. The zero-order valence-electron chi connectivity index (χ0n) is 21.0. The van der Waals surface area contributed by atoms with Gasteiger partial charge >= 0.3 is 6.09 Å². The number of amides is 2. The Morgan fingerprint density at radius 2 is 2.03 bits per heavy atom. The van der Waals surface area contributed by atoms with Crippen LogP contribution in [0.5, 0.6) is 5.88 Å². The number of likely N-dealkylation sites (tertiary alicyclic amines) is 1. The van der Waals surface area contributed by atoms with Crippen molar-refractivity contribution < 1.29 is 28.2 Å². The van der Waals surface area contributed by atoms with E-state index in [0.717, 1.165) is 6.42 Å². The van der Waals surface area contributed by atoms with Crippen LogP contribution < -0.4 is 9.64 Å². The SMILES string of the molecule is CN1C[C@@H](OC(=O)N2CCN(c3nc4c(-c5cccnc5OC5CCOC5)cnn4cc3F)CC2)CC1=O. The first kappa shape index (κ1) is 24.3. The number of rotatable bonds is 5. The highest BCUT2D eigenvalue weighted by Crippen LogP contribution is 2.33. The lowest BCUT2D eigenvalue weighted by Gasteiger charge is -2.35. The first-order valence-corrected chi connectivity index (χ1v) is 12.6. The van der Waals surface area contributed by atoms with Gasteiger partial charge < -0.3 is 28.9 Å². The Hall–Kier alpha value is -4.00. The molecular formula is C25H28FN7O5. The molecule has 0 bridgehead atoms. The van der Waals surface area contributed by atoms with Crippen molar-refractivity contribution in [3.63, 3.8) is 0 Å². The molecule has 2 amide bonds. The van der Waals surface area contributed by atoms with Crippen molar-refractivity contribution in [1.29, 1.82) is 0 Å². The van der Waals surface area contributed by atoms with Crippen molar-refractivity contribution >= 4 is 23.5 Å². The lowest BCUT2D eigenvalue weighted by atomic mass is 10.1. The number of fused-ring (bicyclic) bond motifs is 1. The van der Waals surface area contributed by atoms with Gasteiger partial charge in [0.2, 0.25) is 11.8 Å². The predicted molar refractivity (Wildman–Crippen MR) is 132 cm³/mol. The van der Waals surface area contributed by atoms with Crippen LogP contribution in [0.15, 0.2) is 30.7 Å². The summed E-state index contributed by atoms with van der Waals surface area (Å²) in [6.45, 7) is 3.00. The maximum absolute atomic E-state index is 15.1. The van der Waals surface area contributed by atoms with Crippen LogP contribution in [-0.2, 0) is 14.3 Å². The molecule has 0 N–H and O–H groups in total. The number of anilines is 1. The minimum Gasteiger partial charge on any atom is -0.471 e. The van der Waals surface area contributed by atoms with Crippen molar-refractivity contribution in [2.24, 2.45) is 0 Å². The molecule has 3 fully saturated rings. The number of ether oxygens (including phenoxy) is 3. The van der Waals surface area contributed by atoms with Crippen molar-refractivity contribution in [3.8, 4) is 17.0 Å². The van der Waals surface area contributed by atoms with E-state index in [-0.39, 0.29) is 24.2 Å². The molecule has 2 atom stereocenters. The summed E-state index contributed by atoms with van der Waals surface area (Å²) in [6.07, 6.45) is 4.59. The van der Waals surface area contributed by atoms with Crippen molar-refractivity contribution in [2.75, 3.05) is 57.9 Å². The second kappa shape index (κ2) is 10.0. The van der Waals surface area contributed by atoms with Gasteiger partial charge in [-0.25, -0.2) is 23.7 Å². The highest BCUT2D eigenvalue weighted by molar-refractivity contribution is 5.81. The molecule has 13 heteroatoms. The van der Waals surface area contributed by atoms with Gasteiger partial charge in [0.05, 0.1) is 44.1 Å². The van der Waals surface area contributed by atoms with E-state index in [0.29, 0.717) is 68.6 Å². The summed E-state index contributed by atoms with van der Waals surface area (Å²) in [5.74, 6) is 0.0847. The third-order valence-electron chi connectivity index (χ3n) is 7.07. The molecule has 0 saturated carbocycles. The second-order valence-corrected chi connectivity index (χ2v) is 9.66. The van der Waals surface area contributed by atoms with Gasteiger partial charge in [-0.2, -0.15) is 5.10 Å². The molecule has 6 heterocycles. The van der Waals surface area contributed by atoms with Crippen LogP contribution in [0, 0.1) is 5.82 Å². The maximum Gasteiger partial charge on any atom is 0.410 e. The van der Waals surface area contributed by atoms with E-state index in [4.69, 9.17) is 14.2 Å². The van der Waals surface area contributed by atoms with Gasteiger partial charge in [-0.05, 0) is 12.1 Å². The van der Waals surface area contributed by atoms with Gasteiger partial charge in [-0.3, -0.25) is 4.79 Å². The van der Waals surface area contributed by atoms with Gasteiger partial charge in [0.1, 0.15) is 12.2 Å². The molecule has 3 aromatic heterocycles. The Morgan fingerprint density at radius 3 is 2.76 bits per heavy atom. The number of pyridine rings is 1. The quantitative estimate of drug-likeness (QED) is 0.490. The topological polar surface area (TPSA) is 115 Å². The standard InChI is InChI=1S/C25H28FN7O5/c1-30-13-17(11-21(30)34)38-25(35)32-8-6-31(7-9-32)23-20(26)14-33-22(29-23)19(12-28-33)18-3-2-5-27-24(18)37-16-4-10-36-15-16/h2-3,5,12,14,16-17H,4,6-11,13,15H2,1H3/t16?,17-/m0/s1. The molecule has 200 valence electrons. The maximum atomic E-state index is 15.1. The average molecular weight is 526 g/mol. The lowest BCUT2D eigenvalue weighted by molar-refractivity contribution is -0.126. The summed E-state index contributed by atoms with van der Waals surface area (Å²) in [4.78, 5) is 38.3. The van der Waals surface area contributed by atoms with Crippen molar-refractivity contribution in [2.45, 2.75) is 25.0 Å². The minimum absolute atomic E-state index is 0.0404. The predicted octanol–water partition coefficient (Wildman–Crippen LogP) is 1.59. The van der Waals surface area contributed by atoms with Crippen LogP contribution in [0.2, 0.25) is 0 Å². The molecule has 0 radical (unpaired) electrons. The minimum atomic E-state index is -0.513. The number of carbonyl (C=O) groups is 2. The number of nitrogens with zero attached hydrogens (tertiary/aromatic N) is 7. The summed E-state index contributed by atoms with van der Waals surface area (Å²) in [5, 5.41) is 4.30. The summed E-state index contributed by atoms with van der Waals surface area (Å²) in [6, 6.07) is 3.68. The normalized spacial score (nSPS) is 21.9. The van der Waals surface area contributed by atoms with E-state index in [2.05, 4.69) is 15.1 Å². The van der Waals surface area contributed by atoms with Gasteiger partial charge in [0, 0.05) is 51.4 Å². The van der Waals surface area contributed by atoms with Crippen molar-refractivity contribution in [3.05, 3.63) is 36.5 Å². The highest BCUT2D eigenvalue weighted by Gasteiger charge is 2.32. The zero-order valence-corrected chi connectivity index (χ0v) is 21.0. The Balaban J connectivity index is 1.18. The van der Waals surface area contributed by atoms with Gasteiger partial charge in [0.15, 0.2) is 17.3 Å². The molecule has 6 rings (SSSR count). The Morgan fingerprint density at radius 1 is 1.18 bits per heavy atom. The fraction of sp³-hybridized carbons (Fsp3) is 0.480. The summed E-state index contributed by atoms with van der Waals surface area (Å²) in [7, 11) is 1.69. The highest BCUT2D eigenvalue weighted by atomic mass is 19.1. The number of halogens is 1. The molecule has 0 aliphatic carbocycles. The number of hydrogen-bond donors (Lipinski definition) is 0. The van der Waals surface area contributed by atoms with E-state index >= 15 is 4.39 Å². The Bertz CT molecular complexity index is 1350. The van der Waals surface area contributed by atoms with Crippen LogP contribution in [0.25, 0.3) is 16.8 Å². The van der Waals surface area contributed by atoms with E-state index < -0.39 is 18.0 Å². The fourth-order valence-corrected chi connectivity index (χ4v) is 4.96. The zero-order chi connectivity index (χ0) is 26.2. The van der Waals surface area contributed by atoms with Crippen molar-refractivity contribution in [1.82, 2.24) is 29.4 Å². The fourth-order valence-electron chi connectivity index (χ4n) is 4.96. The molecule has 3 saturated heterocycles. The molecule has 12 nitrogen and oxygen atoms in total. The van der Waals surface area contributed by atoms with Gasteiger partial charge in [-0.1, -0.05) is 0 Å². The van der Waals surface area contributed by atoms with Crippen LogP contribution in [0.1, 0.15) is 12.8 Å². The van der Waals surface area contributed by atoms with Crippen LogP contribution in [-0.4, -0.2) is 107 Å². The smallest absolute Gasteiger partial charge is 0.410 e. The van der Waals surface area contributed by atoms with E-state index in [1.165, 1.54) is 10.7 Å². The summed E-state index contributed by atoms with van der Waals surface area (Å²) >= 11 is 0. The lowest BCUT2D eigenvalue weighted by Crippen LogP contribution is -2.50. The number of hydrogen-bond acceptors (Lipinski definition) is 9. The summed E-state index contributed by atoms with van der Waals surface area (Å²) < 4.78 is 33.5. The van der Waals surface area contributed by atoms with Crippen LogP contribution in [0.3, 0.4) is 0 Å². The molecular weight excluding hydrogens is 497 g/mol. The molecule has 38 heavy (non-hydrogen) atoms. The number of piperazine rings is 1. The summed E-state index contributed by atoms with van der Waals surface area (Å²) in [5.41, 5.74) is 1.86. The second-order valence-electron chi connectivity index (χ2n) is 9.66. The third-order valence-corrected chi connectivity index (χ3v) is 7.07. The van der Waals surface area contributed by atoms with E-state index in [1.54, 1.807) is 40.2 Å². The monoisotopic (exact) mass is 525 g/mol. The first-order valence-electron chi connectivity index (χ1n) is 12.6. The molecule has 3 aliphatic rings. The number of aromatic nitrogens is 4. The van der Waals surface area contributed by atoms with E-state index in [9.17, 15) is 9.59 Å². The third kappa shape index (κ3) is 4.69. The largest absolute Gasteiger partial charge is 0.471 e. The molecule has 1 unspecified atom stereocenters. The Kier molecular flexibility index (Phi) is 6.44. The van der Waals surface area contributed by atoms with Crippen LogP contribution >= 0.6 is 0 Å². The van der Waals surface area contributed by atoms with Gasteiger partial charge in [0.25, 0.3) is 0 Å². The van der Waals surface area contributed by atoms with Gasteiger partial charge in [-0.15, -0.1) is 0 Å². The molecule has 0 spiro atoms. The molecule has 0 aromatic carbocycles. The molecule has 3 aromatic rings. The number of likely N-dealkylation sites (N-methyl/N-ethyl adjacent to an activating group) is 1. The molecule has 3 aliphatic heterocycles.